The number of allylic oxidation sites excluding steroid dienone is 1. The zero-order chi connectivity index (χ0) is 16.2. The normalized spacial score (nSPS) is 23.3. The Bertz CT molecular complexity index is 458. The van der Waals surface area contributed by atoms with E-state index in [4.69, 9.17) is 5.11 Å². The topological polar surface area (TPSA) is 110 Å². The Balaban J connectivity index is 3.00. The molecule has 0 aromatic carbocycles. The molecule has 21 heavy (non-hydrogen) atoms. The predicted molar refractivity (Wildman–Crippen MR) is 76.3 cm³/mol. The molecule has 1 amide bonds. The molecule has 0 fully saturated rings. The van der Waals surface area contributed by atoms with Gasteiger partial charge >= 0.3 is 5.97 Å². The summed E-state index contributed by atoms with van der Waals surface area (Å²) in [6.45, 7) is 5.35. The number of rotatable bonds is 6. The molecule has 2 N–H and O–H groups in total. The third-order valence-electron chi connectivity index (χ3n) is 3.74. The van der Waals surface area contributed by atoms with Gasteiger partial charge in [0, 0.05) is 29.9 Å². The van der Waals surface area contributed by atoms with Gasteiger partial charge < -0.3 is 10.4 Å². The Hall–Kier alpha value is -1.92. The van der Waals surface area contributed by atoms with Crippen LogP contribution >= 0.6 is 0 Å². The van der Waals surface area contributed by atoms with Crippen LogP contribution in [0.15, 0.2) is 11.6 Å². The number of hydrogen-bond acceptors (Lipinski definition) is 4. The van der Waals surface area contributed by atoms with E-state index < -0.39 is 16.9 Å². The van der Waals surface area contributed by atoms with Gasteiger partial charge in [0.25, 0.3) is 0 Å². The molecule has 1 aliphatic rings. The van der Waals surface area contributed by atoms with Crippen LogP contribution in [-0.4, -0.2) is 34.0 Å². The summed E-state index contributed by atoms with van der Waals surface area (Å²) < 4.78 is 0. The predicted octanol–water partition coefficient (Wildman–Crippen LogP) is 1.60. The first-order valence-corrected chi connectivity index (χ1v) is 7.05. The molecule has 0 saturated carbocycles. The van der Waals surface area contributed by atoms with E-state index in [0.717, 1.165) is 0 Å². The molecule has 0 heterocycles. The number of nitrogens with one attached hydrogen (secondary N) is 1. The molecule has 7 heteroatoms. The lowest BCUT2D eigenvalue weighted by atomic mass is 9.78. The fourth-order valence-electron chi connectivity index (χ4n) is 2.84. The summed E-state index contributed by atoms with van der Waals surface area (Å²) in [4.78, 5) is 33.2. The second kappa shape index (κ2) is 7.19. The van der Waals surface area contributed by atoms with Crippen LogP contribution in [0.5, 0.6) is 0 Å². The van der Waals surface area contributed by atoms with Gasteiger partial charge in [-0.25, -0.2) is 4.79 Å². The van der Waals surface area contributed by atoms with E-state index in [1.807, 2.05) is 13.8 Å². The molecule has 1 rings (SSSR count). The quantitative estimate of drug-likeness (QED) is 0.571. The Kier molecular flexibility index (Phi) is 5.87. The molecule has 0 radical (unpaired) electrons. The second-order valence-corrected chi connectivity index (χ2v) is 5.93. The van der Waals surface area contributed by atoms with Crippen molar-refractivity contribution in [2.45, 2.75) is 52.1 Å². The summed E-state index contributed by atoms with van der Waals surface area (Å²) >= 11 is 0. The first-order chi connectivity index (χ1) is 9.72. The highest BCUT2D eigenvalue weighted by Gasteiger charge is 2.41. The van der Waals surface area contributed by atoms with Gasteiger partial charge in [0.05, 0.1) is 5.92 Å². The molecule has 0 saturated heterocycles. The number of carboxylic acids is 1. The fraction of sp³-hybridized carbons (Fsp3) is 0.714. The number of aliphatic carboxylic acids is 1. The van der Waals surface area contributed by atoms with Gasteiger partial charge in [-0.05, 0) is 18.8 Å². The number of amides is 1. The SMILES string of the molecule is CC(=O)N[C@@H](CC(C)C)[C@@H]1CC=C(C(=O)O)C[C@@H]1[N+](=O)[O-]. The summed E-state index contributed by atoms with van der Waals surface area (Å²) in [5.41, 5.74) is 0.0825. The standard InChI is InChI=1S/C14H22N2O5/c1-8(2)6-12(15-9(3)17)11-5-4-10(14(18)19)7-13(11)16(20)21/h4,8,11-13H,5-7H2,1-3H3,(H,15,17)(H,18,19)/t11-,12-,13-/m0/s1. The van der Waals surface area contributed by atoms with E-state index in [1.165, 1.54) is 6.92 Å². The van der Waals surface area contributed by atoms with E-state index in [2.05, 4.69) is 5.32 Å². The van der Waals surface area contributed by atoms with E-state index >= 15 is 0 Å². The highest BCUT2D eigenvalue weighted by Crippen LogP contribution is 2.31. The molecule has 0 aliphatic heterocycles. The lowest BCUT2D eigenvalue weighted by Crippen LogP contribution is -2.48. The summed E-state index contributed by atoms with van der Waals surface area (Å²) in [6.07, 6.45) is 2.37. The number of carbonyl (C=O) groups excluding carboxylic acids is 1. The van der Waals surface area contributed by atoms with Gasteiger partial charge in [0.2, 0.25) is 11.9 Å². The number of carbonyl (C=O) groups is 2. The number of hydrogen-bond donors (Lipinski definition) is 2. The molecule has 0 aromatic rings. The summed E-state index contributed by atoms with van der Waals surface area (Å²) in [6, 6.07) is -1.29. The maximum Gasteiger partial charge on any atom is 0.331 e. The molecule has 0 aromatic heterocycles. The van der Waals surface area contributed by atoms with Crippen molar-refractivity contribution in [1.82, 2.24) is 5.32 Å². The minimum Gasteiger partial charge on any atom is -0.478 e. The van der Waals surface area contributed by atoms with Crippen LogP contribution in [0, 0.1) is 22.0 Å². The minimum absolute atomic E-state index is 0.0825. The Morgan fingerprint density at radius 3 is 2.57 bits per heavy atom. The maximum absolute atomic E-state index is 11.3. The molecular weight excluding hydrogens is 276 g/mol. The monoisotopic (exact) mass is 298 g/mol. The van der Waals surface area contributed by atoms with Crippen LogP contribution in [-0.2, 0) is 9.59 Å². The number of nitrogens with zero attached hydrogens (tertiary/aromatic N) is 1. The van der Waals surface area contributed by atoms with Crippen LogP contribution in [0.4, 0.5) is 0 Å². The molecule has 3 atom stereocenters. The average Bonchev–Trinajstić information content (AvgIpc) is 2.35. The first-order valence-electron chi connectivity index (χ1n) is 7.05. The number of nitro groups is 1. The number of carboxylic acid groups (broad SMARTS) is 1. The van der Waals surface area contributed by atoms with Gasteiger partial charge in [-0.15, -0.1) is 0 Å². The fourth-order valence-corrected chi connectivity index (χ4v) is 2.84. The highest BCUT2D eigenvalue weighted by atomic mass is 16.6. The third-order valence-corrected chi connectivity index (χ3v) is 3.74. The first kappa shape index (κ1) is 17.1. The summed E-state index contributed by atoms with van der Waals surface area (Å²) in [7, 11) is 0. The van der Waals surface area contributed by atoms with Crippen LogP contribution in [0.2, 0.25) is 0 Å². The van der Waals surface area contributed by atoms with Crippen molar-refractivity contribution in [3.63, 3.8) is 0 Å². The van der Waals surface area contributed by atoms with E-state index in [9.17, 15) is 19.7 Å². The molecule has 0 unspecified atom stereocenters. The molecule has 0 spiro atoms. The van der Waals surface area contributed by atoms with Crippen molar-refractivity contribution in [1.29, 1.82) is 0 Å². The highest BCUT2D eigenvalue weighted by molar-refractivity contribution is 5.86. The van der Waals surface area contributed by atoms with Crippen molar-refractivity contribution in [2.24, 2.45) is 11.8 Å². The van der Waals surface area contributed by atoms with Crippen molar-refractivity contribution in [3.05, 3.63) is 21.8 Å². The zero-order valence-electron chi connectivity index (χ0n) is 12.5. The Labute approximate surface area is 123 Å². The molecule has 118 valence electrons. The molecule has 1 aliphatic carbocycles. The van der Waals surface area contributed by atoms with Gasteiger partial charge in [-0.3, -0.25) is 14.9 Å². The summed E-state index contributed by atoms with van der Waals surface area (Å²) in [5.74, 6) is -1.44. The van der Waals surface area contributed by atoms with Crippen molar-refractivity contribution in [3.8, 4) is 0 Å². The minimum atomic E-state index is -1.11. The summed E-state index contributed by atoms with van der Waals surface area (Å²) in [5, 5.41) is 23.1. The van der Waals surface area contributed by atoms with Gasteiger partial charge in [0.1, 0.15) is 0 Å². The Morgan fingerprint density at radius 1 is 1.52 bits per heavy atom. The van der Waals surface area contributed by atoms with E-state index in [0.29, 0.717) is 12.8 Å². The van der Waals surface area contributed by atoms with E-state index in [-0.39, 0.29) is 35.8 Å². The van der Waals surface area contributed by atoms with Crippen molar-refractivity contribution < 1.29 is 19.6 Å². The van der Waals surface area contributed by atoms with Crippen LogP contribution < -0.4 is 5.32 Å². The smallest absolute Gasteiger partial charge is 0.331 e. The van der Waals surface area contributed by atoms with Crippen molar-refractivity contribution >= 4 is 11.9 Å². The maximum atomic E-state index is 11.3. The van der Waals surface area contributed by atoms with Gasteiger partial charge in [0.15, 0.2) is 0 Å². The Morgan fingerprint density at radius 2 is 2.14 bits per heavy atom. The molecular formula is C14H22N2O5. The van der Waals surface area contributed by atoms with Crippen LogP contribution in [0.1, 0.15) is 40.0 Å². The van der Waals surface area contributed by atoms with Gasteiger partial charge in [-0.1, -0.05) is 19.9 Å². The largest absolute Gasteiger partial charge is 0.478 e. The van der Waals surface area contributed by atoms with Crippen LogP contribution in [0.25, 0.3) is 0 Å². The van der Waals surface area contributed by atoms with Gasteiger partial charge in [-0.2, -0.15) is 0 Å². The molecule has 7 nitrogen and oxygen atoms in total. The second-order valence-electron chi connectivity index (χ2n) is 5.93. The lowest BCUT2D eigenvalue weighted by Gasteiger charge is -2.32. The van der Waals surface area contributed by atoms with E-state index in [1.54, 1.807) is 6.08 Å². The lowest BCUT2D eigenvalue weighted by molar-refractivity contribution is -0.533. The van der Waals surface area contributed by atoms with Crippen LogP contribution in [0.3, 0.4) is 0 Å². The zero-order valence-corrected chi connectivity index (χ0v) is 12.5. The molecule has 0 bridgehead atoms. The third kappa shape index (κ3) is 4.84. The van der Waals surface area contributed by atoms with Crippen molar-refractivity contribution in [2.75, 3.05) is 0 Å². The average molecular weight is 298 g/mol.